The third-order valence-electron chi connectivity index (χ3n) is 2.19. The standard InChI is InChI=1S/C12H11BrN2OS/c13-10-3-1-2-9(8-10)12(16)15-5-4-11-14-6-7-17-11/h1-3,6-8H,4-5H2,(H,15,16). The van der Waals surface area contributed by atoms with Gasteiger partial charge in [0.15, 0.2) is 0 Å². The van der Waals surface area contributed by atoms with Crippen molar-refractivity contribution < 1.29 is 4.79 Å². The average molecular weight is 311 g/mol. The number of carbonyl (C=O) groups excluding carboxylic acids is 1. The maximum atomic E-state index is 11.8. The van der Waals surface area contributed by atoms with E-state index in [-0.39, 0.29) is 5.91 Å². The number of carbonyl (C=O) groups is 1. The summed E-state index contributed by atoms with van der Waals surface area (Å²) in [6.07, 6.45) is 2.55. The Morgan fingerprint density at radius 1 is 1.47 bits per heavy atom. The topological polar surface area (TPSA) is 42.0 Å². The molecule has 0 spiro atoms. The minimum absolute atomic E-state index is 0.0529. The van der Waals surface area contributed by atoms with Gasteiger partial charge in [-0.1, -0.05) is 22.0 Å². The molecule has 0 radical (unpaired) electrons. The zero-order chi connectivity index (χ0) is 12.1. The number of thiazole rings is 1. The zero-order valence-electron chi connectivity index (χ0n) is 9.02. The lowest BCUT2D eigenvalue weighted by Gasteiger charge is -2.04. The van der Waals surface area contributed by atoms with Crippen LogP contribution in [-0.2, 0) is 6.42 Å². The molecule has 0 aliphatic rings. The predicted octanol–water partition coefficient (Wildman–Crippen LogP) is 2.88. The summed E-state index contributed by atoms with van der Waals surface area (Å²) in [5.41, 5.74) is 0.665. The smallest absolute Gasteiger partial charge is 0.251 e. The number of hydrogen-bond acceptors (Lipinski definition) is 3. The van der Waals surface area contributed by atoms with Gasteiger partial charge in [0, 0.05) is 34.6 Å². The Bertz CT molecular complexity index is 499. The number of nitrogens with one attached hydrogen (secondary N) is 1. The first kappa shape index (κ1) is 12.3. The minimum atomic E-state index is -0.0529. The fourth-order valence-corrected chi connectivity index (χ4v) is 2.41. The van der Waals surface area contributed by atoms with Crippen LogP contribution in [-0.4, -0.2) is 17.4 Å². The molecule has 0 saturated heterocycles. The van der Waals surface area contributed by atoms with Gasteiger partial charge in [-0.25, -0.2) is 4.98 Å². The molecular weight excluding hydrogens is 300 g/mol. The molecule has 1 aromatic heterocycles. The van der Waals surface area contributed by atoms with Crippen molar-refractivity contribution in [1.82, 2.24) is 10.3 Å². The molecule has 0 saturated carbocycles. The molecule has 1 N–H and O–H groups in total. The number of halogens is 1. The van der Waals surface area contributed by atoms with Gasteiger partial charge in [0.2, 0.25) is 0 Å². The summed E-state index contributed by atoms with van der Waals surface area (Å²) in [5, 5.41) is 5.85. The largest absolute Gasteiger partial charge is 0.352 e. The van der Waals surface area contributed by atoms with Crippen LogP contribution in [0.15, 0.2) is 40.3 Å². The van der Waals surface area contributed by atoms with Gasteiger partial charge < -0.3 is 5.32 Å². The Kier molecular flexibility index (Phi) is 4.28. The quantitative estimate of drug-likeness (QED) is 0.943. The lowest BCUT2D eigenvalue weighted by molar-refractivity contribution is 0.0954. The van der Waals surface area contributed by atoms with Crippen LogP contribution in [0.4, 0.5) is 0 Å². The number of amides is 1. The molecule has 88 valence electrons. The summed E-state index contributed by atoms with van der Waals surface area (Å²) in [4.78, 5) is 15.9. The Labute approximate surface area is 112 Å². The first-order chi connectivity index (χ1) is 8.25. The molecule has 0 unspecified atom stereocenters. The molecule has 0 bridgehead atoms. The first-order valence-corrected chi connectivity index (χ1v) is 6.85. The number of rotatable bonds is 4. The Morgan fingerprint density at radius 2 is 2.35 bits per heavy atom. The highest BCUT2D eigenvalue weighted by Gasteiger charge is 2.05. The average Bonchev–Trinajstić information content (AvgIpc) is 2.82. The van der Waals surface area contributed by atoms with Crippen LogP contribution in [0, 0.1) is 0 Å². The lowest BCUT2D eigenvalue weighted by Crippen LogP contribution is -2.25. The van der Waals surface area contributed by atoms with E-state index in [4.69, 9.17) is 0 Å². The third kappa shape index (κ3) is 3.64. The van der Waals surface area contributed by atoms with Crippen molar-refractivity contribution >= 4 is 33.2 Å². The van der Waals surface area contributed by atoms with Crippen molar-refractivity contribution in [2.75, 3.05) is 6.54 Å². The molecule has 5 heteroatoms. The Balaban J connectivity index is 1.85. The highest BCUT2D eigenvalue weighted by molar-refractivity contribution is 9.10. The van der Waals surface area contributed by atoms with Gasteiger partial charge in [0.1, 0.15) is 0 Å². The summed E-state index contributed by atoms with van der Waals surface area (Å²) in [6.45, 7) is 0.610. The number of hydrogen-bond donors (Lipinski definition) is 1. The molecule has 0 aliphatic heterocycles. The second-order valence-corrected chi connectivity index (χ2v) is 5.34. The number of benzene rings is 1. The summed E-state index contributed by atoms with van der Waals surface area (Å²) in [5.74, 6) is -0.0529. The van der Waals surface area contributed by atoms with Crippen LogP contribution in [0.3, 0.4) is 0 Å². The predicted molar refractivity (Wildman–Crippen MR) is 72.3 cm³/mol. The second-order valence-electron chi connectivity index (χ2n) is 3.44. The van der Waals surface area contributed by atoms with Crippen LogP contribution < -0.4 is 5.32 Å². The van der Waals surface area contributed by atoms with Crippen LogP contribution in [0.2, 0.25) is 0 Å². The van der Waals surface area contributed by atoms with Gasteiger partial charge >= 0.3 is 0 Å². The third-order valence-corrected chi connectivity index (χ3v) is 3.53. The SMILES string of the molecule is O=C(NCCc1nccs1)c1cccc(Br)c1. The Hall–Kier alpha value is -1.20. The lowest BCUT2D eigenvalue weighted by atomic mass is 10.2. The maximum absolute atomic E-state index is 11.8. The molecular formula is C12H11BrN2OS. The molecule has 0 aliphatic carbocycles. The van der Waals surface area contributed by atoms with Gasteiger partial charge in [-0.15, -0.1) is 11.3 Å². The van der Waals surface area contributed by atoms with Crippen molar-refractivity contribution in [3.63, 3.8) is 0 Å². The molecule has 2 rings (SSSR count). The Morgan fingerprint density at radius 3 is 3.06 bits per heavy atom. The molecule has 2 aromatic rings. The van der Waals surface area contributed by atoms with Gasteiger partial charge in [-0.3, -0.25) is 4.79 Å². The van der Waals surface area contributed by atoms with E-state index < -0.39 is 0 Å². The zero-order valence-corrected chi connectivity index (χ0v) is 11.4. The van der Waals surface area contributed by atoms with E-state index in [0.717, 1.165) is 15.9 Å². The molecule has 1 amide bonds. The number of nitrogens with zero attached hydrogens (tertiary/aromatic N) is 1. The molecule has 0 fully saturated rings. The maximum Gasteiger partial charge on any atom is 0.251 e. The van der Waals surface area contributed by atoms with Gasteiger partial charge in [0.25, 0.3) is 5.91 Å². The summed E-state index contributed by atoms with van der Waals surface area (Å²) >= 11 is 4.94. The minimum Gasteiger partial charge on any atom is -0.352 e. The van der Waals surface area contributed by atoms with Crippen LogP contribution in [0.25, 0.3) is 0 Å². The van der Waals surface area contributed by atoms with Crippen molar-refractivity contribution in [3.8, 4) is 0 Å². The fourth-order valence-electron chi connectivity index (χ4n) is 1.39. The van der Waals surface area contributed by atoms with Crippen molar-refractivity contribution in [2.45, 2.75) is 6.42 Å². The monoisotopic (exact) mass is 310 g/mol. The van der Waals surface area contributed by atoms with Gasteiger partial charge in [0.05, 0.1) is 5.01 Å². The van der Waals surface area contributed by atoms with Crippen molar-refractivity contribution in [3.05, 3.63) is 50.9 Å². The van der Waals surface area contributed by atoms with Gasteiger partial charge in [-0.2, -0.15) is 0 Å². The highest BCUT2D eigenvalue weighted by Crippen LogP contribution is 2.11. The van der Waals surface area contributed by atoms with E-state index in [2.05, 4.69) is 26.2 Å². The molecule has 1 heterocycles. The normalized spacial score (nSPS) is 10.2. The van der Waals surface area contributed by atoms with E-state index in [1.165, 1.54) is 0 Å². The second kappa shape index (κ2) is 5.93. The van der Waals surface area contributed by atoms with E-state index in [9.17, 15) is 4.79 Å². The van der Waals surface area contributed by atoms with Crippen molar-refractivity contribution in [2.24, 2.45) is 0 Å². The first-order valence-electron chi connectivity index (χ1n) is 5.18. The molecule has 3 nitrogen and oxygen atoms in total. The molecule has 1 aromatic carbocycles. The van der Waals surface area contributed by atoms with Gasteiger partial charge in [-0.05, 0) is 18.2 Å². The summed E-state index contributed by atoms with van der Waals surface area (Å²) in [6, 6.07) is 7.34. The van der Waals surface area contributed by atoms with E-state index >= 15 is 0 Å². The van der Waals surface area contributed by atoms with Crippen molar-refractivity contribution in [1.29, 1.82) is 0 Å². The number of aromatic nitrogens is 1. The van der Waals surface area contributed by atoms with Crippen LogP contribution in [0.5, 0.6) is 0 Å². The molecule has 0 atom stereocenters. The summed E-state index contributed by atoms with van der Waals surface area (Å²) < 4.78 is 0.907. The highest BCUT2D eigenvalue weighted by atomic mass is 79.9. The van der Waals surface area contributed by atoms with Crippen LogP contribution >= 0.6 is 27.3 Å². The fraction of sp³-hybridized carbons (Fsp3) is 0.167. The van der Waals surface area contributed by atoms with E-state index in [1.54, 1.807) is 29.7 Å². The van der Waals surface area contributed by atoms with Crippen LogP contribution in [0.1, 0.15) is 15.4 Å². The molecule has 17 heavy (non-hydrogen) atoms. The van der Waals surface area contributed by atoms with E-state index in [0.29, 0.717) is 12.1 Å². The summed E-state index contributed by atoms with van der Waals surface area (Å²) in [7, 11) is 0. The van der Waals surface area contributed by atoms with E-state index in [1.807, 2.05) is 17.5 Å².